The first-order valence-electron chi connectivity index (χ1n) is 6.97. The van der Waals surface area contributed by atoms with Crippen molar-refractivity contribution in [1.82, 2.24) is 15.5 Å². The van der Waals surface area contributed by atoms with E-state index < -0.39 is 0 Å². The Morgan fingerprint density at radius 3 is 2.89 bits per heavy atom. The molecule has 0 radical (unpaired) electrons. The van der Waals surface area contributed by atoms with Crippen molar-refractivity contribution in [3.63, 3.8) is 0 Å². The number of rotatable bonds is 7. The molecule has 104 valence electrons. The predicted octanol–water partition coefficient (Wildman–Crippen LogP) is 0.503. The van der Waals surface area contributed by atoms with Crippen LogP contribution in [0.3, 0.4) is 0 Å². The van der Waals surface area contributed by atoms with E-state index in [1.54, 1.807) is 0 Å². The molecule has 0 aliphatic carbocycles. The molecule has 2 amide bonds. The quantitative estimate of drug-likeness (QED) is 0.651. The molecular weight excluding hydrogens is 230 g/mol. The average molecular weight is 255 g/mol. The van der Waals surface area contributed by atoms with E-state index in [1.165, 1.54) is 0 Å². The van der Waals surface area contributed by atoms with Gasteiger partial charge in [-0.25, -0.2) is 0 Å². The number of amides is 2. The highest BCUT2D eigenvalue weighted by Gasteiger charge is 2.29. The Bertz CT molecular complexity index is 279. The highest BCUT2D eigenvalue weighted by molar-refractivity contribution is 5.88. The van der Waals surface area contributed by atoms with Crippen molar-refractivity contribution >= 4 is 11.8 Å². The maximum atomic E-state index is 12.1. The van der Waals surface area contributed by atoms with Gasteiger partial charge in [0.15, 0.2) is 0 Å². The highest BCUT2D eigenvalue weighted by atomic mass is 16.2. The van der Waals surface area contributed by atoms with E-state index in [-0.39, 0.29) is 24.3 Å². The van der Waals surface area contributed by atoms with E-state index in [0.29, 0.717) is 6.54 Å². The second-order valence-corrected chi connectivity index (χ2v) is 4.74. The van der Waals surface area contributed by atoms with Crippen LogP contribution in [0.5, 0.6) is 0 Å². The number of hydrogen-bond acceptors (Lipinski definition) is 3. The Balaban J connectivity index is 2.36. The molecule has 18 heavy (non-hydrogen) atoms. The first-order chi connectivity index (χ1) is 8.69. The average Bonchev–Trinajstić information content (AvgIpc) is 2.35. The Morgan fingerprint density at radius 2 is 2.22 bits per heavy atom. The third kappa shape index (κ3) is 4.64. The van der Waals surface area contributed by atoms with Crippen molar-refractivity contribution in [2.45, 2.75) is 45.6 Å². The SMILES string of the molecule is CCCCNC(=O)CC1NCCN(CCC)C1=O. The number of nitrogens with one attached hydrogen (secondary N) is 2. The van der Waals surface area contributed by atoms with Crippen molar-refractivity contribution < 1.29 is 9.59 Å². The zero-order chi connectivity index (χ0) is 13.4. The summed E-state index contributed by atoms with van der Waals surface area (Å²) in [7, 11) is 0. The van der Waals surface area contributed by atoms with Crippen molar-refractivity contribution in [2.75, 3.05) is 26.2 Å². The smallest absolute Gasteiger partial charge is 0.240 e. The predicted molar refractivity (Wildman–Crippen MR) is 71.2 cm³/mol. The van der Waals surface area contributed by atoms with Gasteiger partial charge in [-0.15, -0.1) is 0 Å². The molecular formula is C13H25N3O2. The van der Waals surface area contributed by atoms with Crippen LogP contribution in [0.25, 0.3) is 0 Å². The zero-order valence-electron chi connectivity index (χ0n) is 11.5. The van der Waals surface area contributed by atoms with Crippen molar-refractivity contribution in [2.24, 2.45) is 0 Å². The lowest BCUT2D eigenvalue weighted by Gasteiger charge is -2.32. The fourth-order valence-corrected chi connectivity index (χ4v) is 2.11. The summed E-state index contributed by atoms with van der Waals surface area (Å²) in [6.45, 7) is 7.16. The maximum absolute atomic E-state index is 12.1. The summed E-state index contributed by atoms with van der Waals surface area (Å²) in [4.78, 5) is 25.6. The molecule has 1 unspecified atom stereocenters. The van der Waals surface area contributed by atoms with Crippen molar-refractivity contribution in [3.8, 4) is 0 Å². The molecule has 1 atom stereocenters. The summed E-state index contributed by atoms with van der Waals surface area (Å²) in [6.07, 6.45) is 3.26. The van der Waals surface area contributed by atoms with Crippen molar-refractivity contribution in [1.29, 1.82) is 0 Å². The second kappa shape index (κ2) is 8.08. The first kappa shape index (κ1) is 15.0. The molecule has 2 N–H and O–H groups in total. The van der Waals surface area contributed by atoms with Crippen LogP contribution < -0.4 is 10.6 Å². The molecule has 1 saturated heterocycles. The number of piperazine rings is 1. The van der Waals surface area contributed by atoms with Crippen LogP contribution in [-0.2, 0) is 9.59 Å². The Morgan fingerprint density at radius 1 is 1.44 bits per heavy atom. The normalized spacial score (nSPS) is 20.0. The molecule has 5 heteroatoms. The molecule has 0 spiro atoms. The van der Waals surface area contributed by atoms with E-state index in [4.69, 9.17) is 0 Å². The summed E-state index contributed by atoms with van der Waals surface area (Å²) in [5, 5.41) is 5.98. The van der Waals surface area contributed by atoms with Gasteiger partial charge in [-0.1, -0.05) is 20.3 Å². The fourth-order valence-electron chi connectivity index (χ4n) is 2.11. The summed E-state index contributed by atoms with van der Waals surface area (Å²) >= 11 is 0. The summed E-state index contributed by atoms with van der Waals surface area (Å²) < 4.78 is 0. The topological polar surface area (TPSA) is 61.4 Å². The van der Waals surface area contributed by atoms with Crippen LogP contribution in [-0.4, -0.2) is 48.9 Å². The second-order valence-electron chi connectivity index (χ2n) is 4.74. The van der Waals surface area contributed by atoms with Gasteiger partial charge < -0.3 is 15.5 Å². The number of unbranched alkanes of at least 4 members (excludes halogenated alkanes) is 1. The third-order valence-electron chi connectivity index (χ3n) is 3.12. The number of carbonyl (C=O) groups excluding carboxylic acids is 2. The van der Waals surface area contributed by atoms with Gasteiger partial charge in [-0.05, 0) is 12.8 Å². The molecule has 1 aliphatic heterocycles. The maximum Gasteiger partial charge on any atom is 0.240 e. The van der Waals surface area contributed by atoms with E-state index in [1.807, 2.05) is 4.90 Å². The summed E-state index contributed by atoms with van der Waals surface area (Å²) in [5.41, 5.74) is 0. The van der Waals surface area contributed by atoms with Gasteiger partial charge >= 0.3 is 0 Å². The van der Waals surface area contributed by atoms with E-state index in [2.05, 4.69) is 24.5 Å². The van der Waals surface area contributed by atoms with Gasteiger partial charge in [0.2, 0.25) is 11.8 Å². The van der Waals surface area contributed by atoms with Gasteiger partial charge in [-0.3, -0.25) is 9.59 Å². The molecule has 1 heterocycles. The Kier molecular flexibility index (Phi) is 6.72. The molecule has 0 aromatic carbocycles. The minimum Gasteiger partial charge on any atom is -0.356 e. The Hall–Kier alpha value is -1.10. The van der Waals surface area contributed by atoms with Crippen LogP contribution in [0.1, 0.15) is 39.5 Å². The molecule has 0 saturated carbocycles. The van der Waals surface area contributed by atoms with E-state index >= 15 is 0 Å². The minimum atomic E-state index is -0.341. The lowest BCUT2D eigenvalue weighted by Crippen LogP contribution is -2.56. The lowest BCUT2D eigenvalue weighted by molar-refractivity contribution is -0.138. The van der Waals surface area contributed by atoms with E-state index in [0.717, 1.165) is 38.9 Å². The monoisotopic (exact) mass is 255 g/mol. The molecule has 1 rings (SSSR count). The fraction of sp³-hybridized carbons (Fsp3) is 0.846. The van der Waals surface area contributed by atoms with Gasteiger partial charge in [0.05, 0.1) is 12.5 Å². The highest BCUT2D eigenvalue weighted by Crippen LogP contribution is 2.05. The van der Waals surface area contributed by atoms with Crippen LogP contribution in [0.2, 0.25) is 0 Å². The molecule has 5 nitrogen and oxygen atoms in total. The molecule has 0 aromatic heterocycles. The largest absolute Gasteiger partial charge is 0.356 e. The van der Waals surface area contributed by atoms with Crippen LogP contribution in [0, 0.1) is 0 Å². The number of nitrogens with zero attached hydrogens (tertiary/aromatic N) is 1. The van der Waals surface area contributed by atoms with Gasteiger partial charge in [0.1, 0.15) is 0 Å². The summed E-state index contributed by atoms with van der Waals surface area (Å²) in [6, 6.07) is -0.341. The third-order valence-corrected chi connectivity index (χ3v) is 3.12. The number of carbonyl (C=O) groups is 2. The molecule has 1 fully saturated rings. The van der Waals surface area contributed by atoms with Crippen molar-refractivity contribution in [3.05, 3.63) is 0 Å². The van der Waals surface area contributed by atoms with E-state index in [9.17, 15) is 9.59 Å². The summed E-state index contributed by atoms with van der Waals surface area (Å²) in [5.74, 6) is 0.0291. The van der Waals surface area contributed by atoms with Crippen LogP contribution in [0.15, 0.2) is 0 Å². The van der Waals surface area contributed by atoms with Gasteiger partial charge in [-0.2, -0.15) is 0 Å². The van der Waals surface area contributed by atoms with Crippen LogP contribution in [0.4, 0.5) is 0 Å². The first-order valence-corrected chi connectivity index (χ1v) is 6.97. The standard InChI is InChI=1S/C13H25N3O2/c1-3-5-6-15-12(17)10-11-13(18)16(8-4-2)9-7-14-11/h11,14H,3-10H2,1-2H3,(H,15,17). The number of hydrogen-bond donors (Lipinski definition) is 2. The minimum absolute atomic E-state index is 0.0346. The molecule has 0 bridgehead atoms. The molecule has 0 aromatic rings. The molecule has 1 aliphatic rings. The zero-order valence-corrected chi connectivity index (χ0v) is 11.5. The Labute approximate surface area is 109 Å². The van der Waals surface area contributed by atoms with Crippen LogP contribution >= 0.6 is 0 Å². The van der Waals surface area contributed by atoms with Gasteiger partial charge in [0.25, 0.3) is 0 Å². The lowest BCUT2D eigenvalue weighted by atomic mass is 10.1. The van der Waals surface area contributed by atoms with Gasteiger partial charge in [0, 0.05) is 26.2 Å².